The Balaban J connectivity index is 6.42. The minimum Gasteiger partial charge on any atom is -0.370 e. The summed E-state index contributed by atoms with van der Waals surface area (Å²) in [5.74, 6) is -13.9. The number of nitrogens with one attached hydrogen (secondary N) is 14. The molecule has 16 amide bonds. The summed E-state index contributed by atoms with van der Waals surface area (Å²) in [5, 5.41) is 36.6. The van der Waals surface area contributed by atoms with Crippen molar-refractivity contribution in [3.63, 3.8) is 0 Å². The predicted molar refractivity (Wildman–Crippen MR) is 404 cm³/mol. The van der Waals surface area contributed by atoms with Crippen molar-refractivity contribution in [2.75, 3.05) is 19.6 Å². The molecule has 612 valence electrons. The Kier molecular flexibility index (Phi) is 47.5. The van der Waals surface area contributed by atoms with Crippen LogP contribution in [0.5, 0.6) is 0 Å². The van der Waals surface area contributed by atoms with E-state index in [1.807, 2.05) is 20.8 Å². The second-order valence-electron chi connectivity index (χ2n) is 29.8. The smallest absolute Gasteiger partial charge is 0.243 e. The molecule has 0 aromatic rings. The Labute approximate surface area is 632 Å². The summed E-state index contributed by atoms with van der Waals surface area (Å²) < 4.78 is 0. The first-order chi connectivity index (χ1) is 50.0. The Bertz CT molecular complexity index is 2920. The second-order valence-corrected chi connectivity index (χ2v) is 29.8. The monoisotopic (exact) mass is 1520 g/mol. The first-order valence-electron chi connectivity index (χ1n) is 37.9. The summed E-state index contributed by atoms with van der Waals surface area (Å²) in [4.78, 5) is 217. The molecule has 0 unspecified atom stereocenters. The zero-order chi connectivity index (χ0) is 82.1. The van der Waals surface area contributed by atoms with Gasteiger partial charge in [-0.1, -0.05) is 95.9 Å². The van der Waals surface area contributed by atoms with Crippen molar-refractivity contribution < 1.29 is 76.7 Å². The SMILES string of the molecule is CC[C@H](C)[C@H](NC(C)=O)C(=O)N[C@@H](CC(N)=O)C(=O)N[C@@H](CC(C)C)C(=O)N[C@@H](CCCCN)C(=O)N[C@@H](C)C(=O)N[C@@H](CC(C)C)C(=O)N[C@@H](C)C(=O)N[C@@H](C)C(=O)N[C@@H](CC(C)C)C(=O)N[C@@H](C)C(=O)N[C@@H](CCCCN)C(=O)N[C@@H](CCCCN)C(=O)N[C@H](C(=O)N[C@@H](CC(C)C)C(N)=O)[C@@H](C)CC. The maximum absolute atomic E-state index is 14.2. The molecule has 35 heteroatoms. The lowest BCUT2D eigenvalue weighted by Crippen LogP contribution is -2.60. The van der Waals surface area contributed by atoms with E-state index < -0.39 is 191 Å². The van der Waals surface area contributed by atoms with Crippen LogP contribution in [0.15, 0.2) is 0 Å². The lowest BCUT2D eigenvalue weighted by Gasteiger charge is -2.29. The van der Waals surface area contributed by atoms with Gasteiger partial charge in [-0.2, -0.15) is 0 Å². The molecule has 0 aromatic carbocycles. The van der Waals surface area contributed by atoms with Gasteiger partial charge in [0.2, 0.25) is 94.5 Å². The van der Waals surface area contributed by atoms with Crippen LogP contribution < -0.4 is 103 Å². The second kappa shape index (κ2) is 51.6. The van der Waals surface area contributed by atoms with Gasteiger partial charge in [0.05, 0.1) is 6.42 Å². The molecule has 0 radical (unpaired) electrons. The molecular formula is C72H133N19O16. The molecule has 35 nitrogen and oxygen atoms in total. The minimum absolute atomic E-state index is 0.00480. The van der Waals surface area contributed by atoms with Crippen molar-refractivity contribution in [3.8, 4) is 0 Å². The van der Waals surface area contributed by atoms with Crippen LogP contribution in [0.25, 0.3) is 0 Å². The Morgan fingerprint density at radius 2 is 0.505 bits per heavy atom. The van der Waals surface area contributed by atoms with Crippen LogP contribution >= 0.6 is 0 Å². The largest absolute Gasteiger partial charge is 0.370 e. The third kappa shape index (κ3) is 39.2. The summed E-state index contributed by atoms with van der Waals surface area (Å²) in [7, 11) is 0. The quantitative estimate of drug-likeness (QED) is 0.0290. The third-order valence-corrected chi connectivity index (χ3v) is 17.8. The van der Waals surface area contributed by atoms with Crippen LogP contribution in [-0.4, -0.2) is 199 Å². The van der Waals surface area contributed by atoms with E-state index in [0.717, 1.165) is 0 Å². The van der Waals surface area contributed by atoms with E-state index in [1.54, 1.807) is 62.3 Å². The molecule has 0 aliphatic rings. The van der Waals surface area contributed by atoms with Crippen molar-refractivity contribution in [2.24, 2.45) is 64.2 Å². The van der Waals surface area contributed by atoms with Crippen molar-refractivity contribution >= 4 is 94.5 Å². The number of unbranched alkanes of at least 4 members (excludes halogenated alkanes) is 3. The van der Waals surface area contributed by atoms with Gasteiger partial charge >= 0.3 is 0 Å². The van der Waals surface area contributed by atoms with E-state index in [4.69, 9.17) is 28.7 Å². The number of carbonyl (C=O) groups excluding carboxylic acids is 16. The molecule has 0 rings (SSSR count). The standard InChI is InChI=1S/C72H133N19O16/c1-18-41(11)57(82-47(17)92)71(106)90-55(36-56(76)93)70(105)89-54(35-40(9)10)69(104)85-48(26-20-23-29-73)64(99)79-46(16)63(98)88-52(33-38(5)6)67(102)80-43(13)60(95)78-44(14)62(97)87-53(34-39(7)8)68(103)81-45(15)61(96)83-49(27-21-24-30-74)65(100)84-50(28-22-25-31-75)66(101)91-58(42(12)19-2)72(107)86-51(59(77)94)32-37(3)4/h37-46,48-55,57-58H,18-36,73-75H2,1-17H3,(H2,76,93)(H2,77,94)(H,78,95)(H,79,99)(H,80,102)(H,81,103)(H,82,92)(H,83,96)(H,84,100)(H,85,104)(H,86,107)(H,87,97)(H,88,98)(H,89,105)(H,90,106)(H,91,101)/t41-,42-,43-,44-,45-,46-,48-,49-,50-,51-,52-,53-,54-,55-,57-,58-/m0/s1. The first-order valence-corrected chi connectivity index (χ1v) is 37.9. The molecular weight excluding hydrogens is 1390 g/mol. The highest BCUT2D eigenvalue weighted by atomic mass is 16.2. The van der Waals surface area contributed by atoms with E-state index in [2.05, 4.69) is 74.4 Å². The fourth-order valence-electron chi connectivity index (χ4n) is 11.2. The van der Waals surface area contributed by atoms with Gasteiger partial charge < -0.3 is 103 Å². The molecule has 0 spiro atoms. The zero-order valence-electron chi connectivity index (χ0n) is 66.4. The molecule has 16 atom stereocenters. The number of hydrogen-bond donors (Lipinski definition) is 19. The lowest BCUT2D eigenvalue weighted by molar-refractivity contribution is -0.136. The van der Waals surface area contributed by atoms with Gasteiger partial charge in [-0.25, -0.2) is 0 Å². The highest BCUT2D eigenvalue weighted by Gasteiger charge is 2.38. The van der Waals surface area contributed by atoms with E-state index in [9.17, 15) is 76.7 Å². The van der Waals surface area contributed by atoms with Crippen molar-refractivity contribution in [2.45, 2.75) is 305 Å². The number of amides is 16. The highest BCUT2D eigenvalue weighted by molar-refractivity contribution is 6.01. The average molecular weight is 1520 g/mol. The lowest BCUT2D eigenvalue weighted by atomic mass is 9.96. The molecule has 0 saturated carbocycles. The Morgan fingerprint density at radius 3 is 0.813 bits per heavy atom. The number of carbonyl (C=O) groups is 16. The van der Waals surface area contributed by atoms with E-state index in [1.165, 1.54) is 34.6 Å². The molecule has 0 bridgehead atoms. The van der Waals surface area contributed by atoms with Gasteiger partial charge in [-0.3, -0.25) is 76.7 Å². The van der Waals surface area contributed by atoms with E-state index in [-0.39, 0.29) is 94.2 Å². The van der Waals surface area contributed by atoms with Crippen LogP contribution in [0.1, 0.15) is 220 Å². The first kappa shape index (κ1) is 98.4. The molecule has 0 fully saturated rings. The molecule has 24 N–H and O–H groups in total. The summed E-state index contributed by atoms with van der Waals surface area (Å²) in [5.41, 5.74) is 28.4. The number of rotatable bonds is 54. The van der Waals surface area contributed by atoms with Gasteiger partial charge in [-0.05, 0) is 166 Å². The van der Waals surface area contributed by atoms with E-state index >= 15 is 0 Å². The topological polar surface area (TPSA) is 572 Å². The predicted octanol–water partition coefficient (Wildman–Crippen LogP) is -2.10. The number of primary amides is 2. The summed E-state index contributed by atoms with van der Waals surface area (Å²) in [6.07, 6.45) is 3.37. The van der Waals surface area contributed by atoms with Crippen LogP contribution in [0.2, 0.25) is 0 Å². The van der Waals surface area contributed by atoms with Crippen LogP contribution in [0, 0.1) is 35.5 Å². The Hall–Kier alpha value is -8.60. The van der Waals surface area contributed by atoms with Crippen molar-refractivity contribution in [1.82, 2.24) is 74.4 Å². The van der Waals surface area contributed by atoms with E-state index in [0.29, 0.717) is 51.4 Å². The molecule has 0 aliphatic heterocycles. The van der Waals surface area contributed by atoms with Crippen LogP contribution in [-0.2, 0) is 76.7 Å². The van der Waals surface area contributed by atoms with Crippen molar-refractivity contribution in [3.05, 3.63) is 0 Å². The molecule has 0 aliphatic carbocycles. The summed E-state index contributed by atoms with van der Waals surface area (Å²) in [6.45, 7) is 28.8. The molecule has 0 saturated heterocycles. The van der Waals surface area contributed by atoms with Crippen LogP contribution in [0.3, 0.4) is 0 Å². The average Bonchev–Trinajstić information content (AvgIpc) is 0.863. The fourth-order valence-corrected chi connectivity index (χ4v) is 11.2. The van der Waals surface area contributed by atoms with Gasteiger partial charge in [0, 0.05) is 6.92 Å². The van der Waals surface area contributed by atoms with Gasteiger partial charge in [-0.15, -0.1) is 0 Å². The van der Waals surface area contributed by atoms with Gasteiger partial charge in [0.15, 0.2) is 0 Å². The third-order valence-electron chi connectivity index (χ3n) is 17.8. The zero-order valence-corrected chi connectivity index (χ0v) is 66.4. The summed E-state index contributed by atoms with van der Waals surface area (Å²) in [6, 6.07) is -17.6. The normalized spacial score (nSPS) is 15.9. The molecule has 0 aromatic heterocycles. The number of hydrogen-bond acceptors (Lipinski definition) is 19. The maximum Gasteiger partial charge on any atom is 0.243 e. The maximum atomic E-state index is 14.2. The molecule has 107 heavy (non-hydrogen) atoms. The number of nitrogens with two attached hydrogens (primary N) is 5. The van der Waals surface area contributed by atoms with Crippen LogP contribution in [0.4, 0.5) is 0 Å². The van der Waals surface area contributed by atoms with Gasteiger partial charge in [0.25, 0.3) is 0 Å². The Morgan fingerprint density at radius 1 is 0.271 bits per heavy atom. The molecule has 0 heterocycles. The highest BCUT2D eigenvalue weighted by Crippen LogP contribution is 2.16. The van der Waals surface area contributed by atoms with Gasteiger partial charge in [0.1, 0.15) is 84.6 Å². The van der Waals surface area contributed by atoms with Crippen molar-refractivity contribution in [1.29, 1.82) is 0 Å². The minimum atomic E-state index is -1.56. The fraction of sp³-hybridized carbons (Fsp3) is 0.778. The summed E-state index contributed by atoms with van der Waals surface area (Å²) >= 11 is 0.